The summed E-state index contributed by atoms with van der Waals surface area (Å²) >= 11 is 13.1. The molecule has 144 valence electrons. The third-order valence-electron chi connectivity index (χ3n) is 3.44. The summed E-state index contributed by atoms with van der Waals surface area (Å²) in [5, 5.41) is 18.8. The number of aromatic amines is 1. The third-order valence-corrected chi connectivity index (χ3v) is 4.90. The van der Waals surface area contributed by atoms with Crippen molar-refractivity contribution >= 4 is 64.0 Å². The SMILES string of the molecule is O=C(O)COc1c(Cl)cc(/C=C(\Sc2nc3ccccc3[nH]2)C(=O)O)cc1Cl. The monoisotopic (exact) mass is 438 g/mol. The van der Waals surface area contributed by atoms with Crippen molar-refractivity contribution in [2.45, 2.75) is 5.16 Å². The first-order chi connectivity index (χ1) is 13.3. The fraction of sp³-hybridized carbons (Fsp3) is 0.0556. The predicted octanol–water partition coefficient (Wildman–Crippen LogP) is 4.55. The Morgan fingerprint density at radius 3 is 2.46 bits per heavy atom. The molecule has 0 amide bonds. The number of nitrogens with zero attached hydrogens (tertiary/aromatic N) is 1. The Hall–Kier alpha value is -2.68. The van der Waals surface area contributed by atoms with E-state index in [2.05, 4.69) is 9.97 Å². The lowest BCUT2D eigenvalue weighted by Crippen LogP contribution is -2.10. The summed E-state index contributed by atoms with van der Waals surface area (Å²) in [6.45, 7) is -0.600. The van der Waals surface area contributed by atoms with Crippen LogP contribution in [-0.4, -0.2) is 38.7 Å². The Morgan fingerprint density at radius 1 is 1.18 bits per heavy atom. The van der Waals surface area contributed by atoms with E-state index in [0.29, 0.717) is 10.7 Å². The van der Waals surface area contributed by atoms with Crippen LogP contribution in [0.3, 0.4) is 0 Å². The molecule has 0 saturated heterocycles. The van der Waals surface area contributed by atoms with E-state index in [1.807, 2.05) is 24.3 Å². The first-order valence-corrected chi connectivity index (χ1v) is 9.32. The van der Waals surface area contributed by atoms with Crippen LogP contribution < -0.4 is 4.74 Å². The molecule has 0 aliphatic heterocycles. The minimum Gasteiger partial charge on any atom is -0.479 e. The second-order valence-electron chi connectivity index (χ2n) is 5.47. The summed E-state index contributed by atoms with van der Waals surface area (Å²) in [7, 11) is 0. The molecule has 10 heteroatoms. The van der Waals surface area contributed by atoms with Gasteiger partial charge in [0.05, 0.1) is 21.1 Å². The molecule has 2 aromatic carbocycles. The van der Waals surface area contributed by atoms with Crippen molar-refractivity contribution in [2.24, 2.45) is 0 Å². The van der Waals surface area contributed by atoms with E-state index in [4.69, 9.17) is 33.0 Å². The van der Waals surface area contributed by atoms with Gasteiger partial charge >= 0.3 is 11.9 Å². The summed E-state index contributed by atoms with van der Waals surface area (Å²) in [5.41, 5.74) is 1.93. The number of ether oxygens (including phenoxy) is 1. The second kappa shape index (κ2) is 8.55. The number of carbonyl (C=O) groups is 2. The topological polar surface area (TPSA) is 113 Å². The van der Waals surface area contributed by atoms with Gasteiger partial charge in [0.25, 0.3) is 0 Å². The van der Waals surface area contributed by atoms with Crippen LogP contribution >= 0.6 is 35.0 Å². The Labute approximate surface area is 172 Å². The van der Waals surface area contributed by atoms with Gasteiger partial charge in [-0.25, -0.2) is 14.6 Å². The molecule has 0 aliphatic carbocycles. The predicted molar refractivity (Wildman–Crippen MR) is 107 cm³/mol. The van der Waals surface area contributed by atoms with Gasteiger partial charge in [-0.2, -0.15) is 0 Å². The lowest BCUT2D eigenvalue weighted by molar-refractivity contribution is -0.139. The summed E-state index contributed by atoms with van der Waals surface area (Å²) in [6, 6.07) is 10.2. The zero-order valence-electron chi connectivity index (χ0n) is 14.0. The van der Waals surface area contributed by atoms with Crippen molar-refractivity contribution in [1.29, 1.82) is 0 Å². The molecule has 7 nitrogen and oxygen atoms in total. The minimum atomic E-state index is -1.17. The van der Waals surface area contributed by atoms with E-state index in [0.717, 1.165) is 22.8 Å². The number of halogens is 2. The van der Waals surface area contributed by atoms with Crippen molar-refractivity contribution in [3.05, 3.63) is 56.9 Å². The molecular formula is C18H12Cl2N2O5S. The quantitative estimate of drug-likeness (QED) is 0.366. The summed E-state index contributed by atoms with van der Waals surface area (Å²) in [6.07, 6.45) is 1.39. The molecular weight excluding hydrogens is 427 g/mol. The molecule has 0 spiro atoms. The minimum absolute atomic E-state index is 0.00889. The van der Waals surface area contributed by atoms with Crippen LogP contribution in [0.25, 0.3) is 17.1 Å². The van der Waals surface area contributed by atoms with E-state index in [-0.39, 0.29) is 20.7 Å². The largest absolute Gasteiger partial charge is 0.479 e. The van der Waals surface area contributed by atoms with Crippen LogP contribution in [-0.2, 0) is 9.59 Å². The zero-order chi connectivity index (χ0) is 20.3. The van der Waals surface area contributed by atoms with Gasteiger partial charge < -0.3 is 19.9 Å². The number of hydrogen-bond acceptors (Lipinski definition) is 5. The number of benzene rings is 2. The summed E-state index contributed by atoms with van der Waals surface area (Å²) < 4.78 is 5.05. The molecule has 1 heterocycles. The molecule has 0 unspecified atom stereocenters. The van der Waals surface area contributed by atoms with Gasteiger partial charge in [-0.1, -0.05) is 35.3 Å². The number of thioether (sulfide) groups is 1. The maximum Gasteiger partial charge on any atom is 0.342 e. The molecule has 0 atom stereocenters. The van der Waals surface area contributed by atoms with Crippen molar-refractivity contribution in [1.82, 2.24) is 9.97 Å². The highest BCUT2D eigenvalue weighted by Gasteiger charge is 2.15. The van der Waals surface area contributed by atoms with E-state index < -0.39 is 18.5 Å². The summed E-state index contributed by atoms with van der Waals surface area (Å²) in [4.78, 5) is 29.7. The average Bonchev–Trinajstić information content (AvgIpc) is 3.02. The molecule has 0 fully saturated rings. The number of carboxylic acids is 2. The maximum atomic E-state index is 11.7. The number of aromatic nitrogens is 2. The summed E-state index contributed by atoms with van der Waals surface area (Å²) in [5.74, 6) is -2.31. The van der Waals surface area contributed by atoms with Crippen LogP contribution in [0.1, 0.15) is 5.56 Å². The van der Waals surface area contributed by atoms with Gasteiger partial charge in [-0.05, 0) is 47.7 Å². The standard InChI is InChI=1S/C18H12Cl2N2O5S/c19-10-5-9(6-11(20)16(10)27-8-15(23)24)7-14(17(25)26)28-18-21-12-3-1-2-4-13(12)22-18/h1-7H,8H2,(H,21,22)(H,23,24)(H,25,26)/b14-7-. The molecule has 0 saturated carbocycles. The molecule has 28 heavy (non-hydrogen) atoms. The van der Waals surface area contributed by atoms with Crippen LogP contribution in [0.2, 0.25) is 10.0 Å². The maximum absolute atomic E-state index is 11.7. The molecule has 3 aromatic rings. The van der Waals surface area contributed by atoms with Crippen LogP contribution in [0.5, 0.6) is 5.75 Å². The number of carboxylic acid groups (broad SMARTS) is 2. The van der Waals surface area contributed by atoms with Gasteiger partial charge in [-0.15, -0.1) is 0 Å². The fourth-order valence-electron chi connectivity index (χ4n) is 2.30. The van der Waals surface area contributed by atoms with Crippen LogP contribution in [0.15, 0.2) is 46.5 Å². The second-order valence-corrected chi connectivity index (χ2v) is 7.32. The van der Waals surface area contributed by atoms with E-state index in [1.165, 1.54) is 18.2 Å². The van der Waals surface area contributed by atoms with Gasteiger partial charge in [0.1, 0.15) is 4.91 Å². The number of aliphatic carboxylic acids is 2. The lowest BCUT2D eigenvalue weighted by Gasteiger charge is -2.09. The number of hydrogen-bond donors (Lipinski definition) is 3. The highest BCUT2D eigenvalue weighted by atomic mass is 35.5. The normalized spacial score (nSPS) is 11.6. The highest BCUT2D eigenvalue weighted by Crippen LogP contribution is 2.36. The lowest BCUT2D eigenvalue weighted by atomic mass is 10.2. The number of nitrogens with one attached hydrogen (secondary N) is 1. The number of imidazole rings is 1. The van der Waals surface area contributed by atoms with Gasteiger partial charge in [0.2, 0.25) is 0 Å². The fourth-order valence-corrected chi connectivity index (χ4v) is 3.71. The van der Waals surface area contributed by atoms with Gasteiger partial charge in [0, 0.05) is 0 Å². The molecule has 0 aliphatic rings. The molecule has 0 radical (unpaired) electrons. The van der Waals surface area contributed by atoms with Crippen molar-refractivity contribution in [3.63, 3.8) is 0 Å². The smallest absolute Gasteiger partial charge is 0.342 e. The number of H-pyrrole nitrogens is 1. The number of rotatable bonds is 7. The van der Waals surface area contributed by atoms with Crippen molar-refractivity contribution in [2.75, 3.05) is 6.61 Å². The Kier molecular flexibility index (Phi) is 6.13. The Bertz CT molecular complexity index is 1040. The highest BCUT2D eigenvalue weighted by molar-refractivity contribution is 8.04. The van der Waals surface area contributed by atoms with Crippen molar-refractivity contribution in [3.8, 4) is 5.75 Å². The molecule has 3 rings (SSSR count). The molecule has 1 aromatic heterocycles. The third kappa shape index (κ3) is 4.78. The Morgan fingerprint density at radius 2 is 1.86 bits per heavy atom. The number of fused-ring (bicyclic) bond motifs is 1. The van der Waals surface area contributed by atoms with E-state index in [9.17, 15) is 14.7 Å². The van der Waals surface area contributed by atoms with Crippen LogP contribution in [0, 0.1) is 0 Å². The van der Waals surface area contributed by atoms with Crippen molar-refractivity contribution < 1.29 is 24.5 Å². The zero-order valence-corrected chi connectivity index (χ0v) is 16.3. The van der Waals surface area contributed by atoms with Crippen LogP contribution in [0.4, 0.5) is 0 Å². The number of para-hydroxylation sites is 2. The molecule has 3 N–H and O–H groups in total. The first kappa shape index (κ1) is 20.1. The van der Waals surface area contributed by atoms with Gasteiger partial charge in [0.15, 0.2) is 17.5 Å². The van der Waals surface area contributed by atoms with Gasteiger partial charge in [-0.3, -0.25) is 0 Å². The van der Waals surface area contributed by atoms with E-state index in [1.54, 1.807) is 0 Å². The average molecular weight is 439 g/mol. The Balaban J connectivity index is 1.89. The first-order valence-electron chi connectivity index (χ1n) is 7.74. The molecule has 0 bridgehead atoms. The van der Waals surface area contributed by atoms with E-state index >= 15 is 0 Å².